The van der Waals surface area contributed by atoms with E-state index in [9.17, 15) is 9.59 Å². The fraction of sp³-hybridized carbons (Fsp3) is 0.600. The third-order valence-electron chi connectivity index (χ3n) is 4.92. The molecule has 4 atom stereocenters. The van der Waals surface area contributed by atoms with Crippen LogP contribution in [-0.2, 0) is 14.3 Å². The molecule has 0 spiro atoms. The monoisotopic (exact) mass is 246 g/mol. The maximum Gasteiger partial charge on any atom is 0.309 e. The molecule has 96 valence electrons. The zero-order valence-corrected chi connectivity index (χ0v) is 11.0. The molecule has 3 heteroatoms. The van der Waals surface area contributed by atoms with E-state index in [1.165, 1.54) is 0 Å². The highest BCUT2D eigenvalue weighted by atomic mass is 16.6. The number of ketones is 1. The minimum Gasteiger partial charge on any atom is -0.457 e. The molecule has 0 bridgehead atoms. The Bertz CT molecular complexity index is 500. The Morgan fingerprint density at radius 2 is 2.11 bits per heavy atom. The lowest BCUT2D eigenvalue weighted by Gasteiger charge is -2.42. The molecule has 1 aliphatic heterocycles. The summed E-state index contributed by atoms with van der Waals surface area (Å²) in [6.07, 6.45) is 5.46. The molecule has 0 aromatic rings. The summed E-state index contributed by atoms with van der Waals surface area (Å²) < 4.78 is 5.55. The number of carbonyl (C=O) groups is 2. The number of rotatable bonds is 0. The Hall–Kier alpha value is -1.38. The number of hydrogen-bond acceptors (Lipinski definition) is 3. The van der Waals surface area contributed by atoms with E-state index in [4.69, 9.17) is 4.74 Å². The molecule has 0 amide bonds. The third kappa shape index (κ3) is 1.36. The van der Waals surface area contributed by atoms with Gasteiger partial charge in [-0.2, -0.15) is 0 Å². The Morgan fingerprint density at radius 3 is 2.83 bits per heavy atom. The molecule has 0 N–H and O–H groups in total. The third-order valence-corrected chi connectivity index (χ3v) is 4.92. The highest BCUT2D eigenvalue weighted by Gasteiger charge is 2.52. The molecule has 0 radical (unpaired) electrons. The first-order chi connectivity index (χ1) is 8.44. The normalized spacial score (nSPS) is 42.7. The van der Waals surface area contributed by atoms with E-state index in [2.05, 4.69) is 6.92 Å². The summed E-state index contributed by atoms with van der Waals surface area (Å²) in [4.78, 5) is 23.6. The molecule has 1 saturated carbocycles. The van der Waals surface area contributed by atoms with Gasteiger partial charge in [-0.3, -0.25) is 9.59 Å². The van der Waals surface area contributed by atoms with Gasteiger partial charge < -0.3 is 4.74 Å². The summed E-state index contributed by atoms with van der Waals surface area (Å²) in [6, 6.07) is 0. The number of allylic oxidation sites excluding steroid dienone is 3. The summed E-state index contributed by atoms with van der Waals surface area (Å²) in [5, 5.41) is 0. The number of carbonyl (C=O) groups excluding carboxylic acids is 2. The predicted octanol–water partition coefficient (Wildman–Crippen LogP) is 2.42. The van der Waals surface area contributed by atoms with Gasteiger partial charge in [-0.1, -0.05) is 19.9 Å². The SMILES string of the molecule is CC1=C2[C@@H]3OC(=O)[C@H](C)C3CC[C@@]2(C)C=CC1=O. The topological polar surface area (TPSA) is 43.4 Å². The van der Waals surface area contributed by atoms with Gasteiger partial charge in [0.2, 0.25) is 0 Å². The number of hydrogen-bond donors (Lipinski definition) is 0. The second-order valence-corrected chi connectivity index (χ2v) is 6.00. The van der Waals surface area contributed by atoms with Gasteiger partial charge in [-0.05, 0) is 31.4 Å². The van der Waals surface area contributed by atoms with Gasteiger partial charge in [0.1, 0.15) is 6.10 Å². The van der Waals surface area contributed by atoms with E-state index in [1.807, 2.05) is 19.9 Å². The van der Waals surface area contributed by atoms with Crippen LogP contribution in [0.4, 0.5) is 0 Å². The number of ether oxygens (including phenoxy) is 1. The molecule has 1 heterocycles. The van der Waals surface area contributed by atoms with Crippen molar-refractivity contribution in [2.24, 2.45) is 17.3 Å². The van der Waals surface area contributed by atoms with E-state index >= 15 is 0 Å². The van der Waals surface area contributed by atoms with Crippen LogP contribution in [0.1, 0.15) is 33.6 Å². The molecule has 3 rings (SSSR count). The standard InChI is InChI=1S/C15H18O3/c1-8-10-4-6-15(3)7-5-11(16)9(2)12(15)13(10)18-14(8)17/h5,7-8,10,13H,4,6H2,1-3H3/t8-,10?,13-,15+/m1/s1. The average Bonchev–Trinajstić information content (AvgIpc) is 2.60. The van der Waals surface area contributed by atoms with E-state index in [0.29, 0.717) is 0 Å². The van der Waals surface area contributed by atoms with Crippen molar-refractivity contribution in [1.82, 2.24) is 0 Å². The van der Waals surface area contributed by atoms with E-state index in [1.54, 1.807) is 6.08 Å². The largest absolute Gasteiger partial charge is 0.457 e. The molecule has 0 aromatic carbocycles. The van der Waals surface area contributed by atoms with Gasteiger partial charge in [-0.25, -0.2) is 0 Å². The van der Waals surface area contributed by atoms with Gasteiger partial charge in [0.05, 0.1) is 5.92 Å². The minimum atomic E-state index is -0.180. The Labute approximate surface area is 107 Å². The quantitative estimate of drug-likeness (QED) is 0.616. The first kappa shape index (κ1) is 11.7. The Balaban J connectivity index is 2.10. The second-order valence-electron chi connectivity index (χ2n) is 6.00. The number of fused-ring (bicyclic) bond motifs is 3. The zero-order chi connectivity index (χ0) is 13.1. The number of esters is 1. The first-order valence-electron chi connectivity index (χ1n) is 6.59. The van der Waals surface area contributed by atoms with Crippen molar-refractivity contribution >= 4 is 11.8 Å². The lowest BCUT2D eigenvalue weighted by molar-refractivity contribution is -0.143. The summed E-state index contributed by atoms with van der Waals surface area (Å²) in [7, 11) is 0. The van der Waals surface area contributed by atoms with Gasteiger partial charge in [0.25, 0.3) is 0 Å². The molecule has 3 nitrogen and oxygen atoms in total. The Morgan fingerprint density at radius 1 is 1.39 bits per heavy atom. The summed E-state index contributed by atoms with van der Waals surface area (Å²) in [5.74, 6) is 0.144. The van der Waals surface area contributed by atoms with Crippen LogP contribution in [0, 0.1) is 17.3 Å². The minimum absolute atomic E-state index is 0.0409. The zero-order valence-electron chi connectivity index (χ0n) is 11.0. The van der Waals surface area contributed by atoms with Crippen molar-refractivity contribution in [3.8, 4) is 0 Å². The van der Waals surface area contributed by atoms with E-state index in [0.717, 1.165) is 24.0 Å². The van der Waals surface area contributed by atoms with E-state index < -0.39 is 0 Å². The van der Waals surface area contributed by atoms with Gasteiger partial charge in [0, 0.05) is 16.9 Å². The van der Waals surface area contributed by atoms with Crippen molar-refractivity contribution in [3.05, 3.63) is 23.3 Å². The fourth-order valence-electron chi connectivity index (χ4n) is 3.69. The molecular formula is C15H18O3. The maximum absolute atomic E-state index is 11.9. The summed E-state index contributed by atoms with van der Waals surface area (Å²) in [6.45, 7) is 5.94. The van der Waals surface area contributed by atoms with Crippen LogP contribution in [0.15, 0.2) is 23.3 Å². The molecule has 3 aliphatic rings. The molecule has 1 saturated heterocycles. The van der Waals surface area contributed by atoms with Gasteiger partial charge >= 0.3 is 5.97 Å². The highest BCUT2D eigenvalue weighted by molar-refractivity contribution is 6.05. The molecule has 2 fully saturated rings. The summed E-state index contributed by atoms with van der Waals surface area (Å²) >= 11 is 0. The van der Waals surface area contributed by atoms with Crippen molar-refractivity contribution < 1.29 is 14.3 Å². The van der Waals surface area contributed by atoms with Crippen LogP contribution in [0.5, 0.6) is 0 Å². The smallest absolute Gasteiger partial charge is 0.309 e. The van der Waals surface area contributed by atoms with Gasteiger partial charge in [-0.15, -0.1) is 0 Å². The summed E-state index contributed by atoms with van der Waals surface area (Å²) in [5.41, 5.74) is 1.71. The van der Waals surface area contributed by atoms with Crippen LogP contribution in [0.3, 0.4) is 0 Å². The molecular weight excluding hydrogens is 228 g/mol. The van der Waals surface area contributed by atoms with Crippen molar-refractivity contribution in [1.29, 1.82) is 0 Å². The molecule has 2 aliphatic carbocycles. The second kappa shape index (κ2) is 3.56. The van der Waals surface area contributed by atoms with Crippen LogP contribution in [0.25, 0.3) is 0 Å². The van der Waals surface area contributed by atoms with Crippen molar-refractivity contribution in [2.45, 2.75) is 39.7 Å². The molecule has 1 unspecified atom stereocenters. The predicted molar refractivity (Wildman–Crippen MR) is 66.7 cm³/mol. The van der Waals surface area contributed by atoms with Crippen LogP contribution in [0.2, 0.25) is 0 Å². The van der Waals surface area contributed by atoms with Crippen molar-refractivity contribution in [2.75, 3.05) is 0 Å². The lowest BCUT2D eigenvalue weighted by Crippen LogP contribution is -2.39. The maximum atomic E-state index is 11.9. The van der Waals surface area contributed by atoms with Crippen LogP contribution < -0.4 is 0 Å². The lowest BCUT2D eigenvalue weighted by atomic mass is 9.62. The van der Waals surface area contributed by atoms with E-state index in [-0.39, 0.29) is 35.1 Å². The van der Waals surface area contributed by atoms with Crippen LogP contribution in [-0.4, -0.2) is 17.9 Å². The highest BCUT2D eigenvalue weighted by Crippen LogP contribution is 2.52. The fourth-order valence-corrected chi connectivity index (χ4v) is 3.69. The molecule has 18 heavy (non-hydrogen) atoms. The Kier molecular flexibility index (Phi) is 2.31. The average molecular weight is 246 g/mol. The van der Waals surface area contributed by atoms with Gasteiger partial charge in [0.15, 0.2) is 5.78 Å². The molecule has 0 aromatic heterocycles. The van der Waals surface area contributed by atoms with Crippen LogP contribution >= 0.6 is 0 Å². The van der Waals surface area contributed by atoms with Crippen molar-refractivity contribution in [3.63, 3.8) is 0 Å². The first-order valence-corrected chi connectivity index (χ1v) is 6.59.